The van der Waals surface area contributed by atoms with Gasteiger partial charge in [-0.2, -0.15) is 0 Å². The molecule has 0 aliphatic heterocycles. The van der Waals surface area contributed by atoms with E-state index in [2.05, 4.69) is 26.0 Å². The van der Waals surface area contributed by atoms with Crippen LogP contribution in [-0.4, -0.2) is 14.3 Å². The minimum Gasteiger partial charge on any atom is -0.325 e. The SMILES string of the molecule is Cc1ccc(S(=O)(=O)N[C@H](CC(=O)Nc2cc(C)c(C)cc2Br)c2ccccc2)cc1. The Labute approximate surface area is 192 Å². The summed E-state index contributed by atoms with van der Waals surface area (Å²) in [5, 5.41) is 2.89. The Morgan fingerprint density at radius 3 is 2.19 bits per heavy atom. The van der Waals surface area contributed by atoms with Crippen molar-refractivity contribution < 1.29 is 13.2 Å². The van der Waals surface area contributed by atoms with Crippen molar-refractivity contribution in [2.75, 3.05) is 5.32 Å². The van der Waals surface area contributed by atoms with Crippen LogP contribution in [0.5, 0.6) is 0 Å². The van der Waals surface area contributed by atoms with Gasteiger partial charge in [0.25, 0.3) is 0 Å². The number of hydrogen-bond acceptors (Lipinski definition) is 3. The molecule has 0 fully saturated rings. The highest BCUT2D eigenvalue weighted by Gasteiger charge is 2.24. The lowest BCUT2D eigenvalue weighted by molar-refractivity contribution is -0.116. The standard InChI is InChI=1S/C24H25BrN2O3S/c1-16-9-11-20(12-10-16)31(29,30)27-22(19-7-5-4-6-8-19)15-24(28)26-23-14-18(3)17(2)13-21(23)25/h4-14,22,27H,15H2,1-3H3,(H,26,28)/t22-/m1/s1. The summed E-state index contributed by atoms with van der Waals surface area (Å²) in [6.45, 7) is 5.86. The van der Waals surface area contributed by atoms with Gasteiger partial charge in [-0.05, 0) is 77.7 Å². The van der Waals surface area contributed by atoms with E-state index in [1.165, 1.54) is 0 Å². The molecule has 7 heteroatoms. The molecule has 0 spiro atoms. The van der Waals surface area contributed by atoms with Gasteiger partial charge in [0, 0.05) is 10.9 Å². The molecule has 0 heterocycles. The fraction of sp³-hybridized carbons (Fsp3) is 0.208. The zero-order valence-corrected chi connectivity index (χ0v) is 20.0. The van der Waals surface area contributed by atoms with Crippen LogP contribution in [0.15, 0.2) is 76.1 Å². The van der Waals surface area contributed by atoms with Crippen LogP contribution >= 0.6 is 15.9 Å². The van der Waals surface area contributed by atoms with Gasteiger partial charge in [0.2, 0.25) is 15.9 Å². The van der Waals surface area contributed by atoms with Crippen molar-refractivity contribution in [2.45, 2.75) is 38.1 Å². The second-order valence-corrected chi connectivity index (χ2v) is 10.1. The molecule has 162 valence electrons. The lowest BCUT2D eigenvalue weighted by atomic mass is 10.0. The number of sulfonamides is 1. The van der Waals surface area contributed by atoms with E-state index >= 15 is 0 Å². The van der Waals surface area contributed by atoms with Crippen LogP contribution in [0.2, 0.25) is 0 Å². The van der Waals surface area contributed by atoms with Crippen molar-refractivity contribution in [2.24, 2.45) is 0 Å². The van der Waals surface area contributed by atoms with Gasteiger partial charge >= 0.3 is 0 Å². The van der Waals surface area contributed by atoms with E-state index in [4.69, 9.17) is 0 Å². The highest BCUT2D eigenvalue weighted by atomic mass is 79.9. The van der Waals surface area contributed by atoms with Gasteiger partial charge in [-0.3, -0.25) is 4.79 Å². The predicted molar refractivity (Wildman–Crippen MR) is 128 cm³/mol. The van der Waals surface area contributed by atoms with Crippen LogP contribution < -0.4 is 10.0 Å². The molecule has 1 atom stereocenters. The highest BCUT2D eigenvalue weighted by molar-refractivity contribution is 9.10. The molecule has 0 aliphatic rings. The average molecular weight is 501 g/mol. The molecule has 0 unspecified atom stereocenters. The fourth-order valence-electron chi connectivity index (χ4n) is 3.15. The minimum atomic E-state index is -3.80. The summed E-state index contributed by atoms with van der Waals surface area (Å²) in [5.74, 6) is -0.288. The zero-order valence-electron chi connectivity index (χ0n) is 17.6. The fourth-order valence-corrected chi connectivity index (χ4v) is 4.93. The average Bonchev–Trinajstić information content (AvgIpc) is 2.72. The number of carbonyl (C=O) groups is 1. The van der Waals surface area contributed by atoms with Gasteiger partial charge in [-0.1, -0.05) is 48.0 Å². The molecule has 0 bridgehead atoms. The number of hydrogen-bond donors (Lipinski definition) is 2. The number of nitrogens with one attached hydrogen (secondary N) is 2. The van der Waals surface area contributed by atoms with Crippen LogP contribution in [0.25, 0.3) is 0 Å². The summed E-state index contributed by atoms with van der Waals surface area (Å²) >= 11 is 3.48. The zero-order chi connectivity index (χ0) is 22.6. The maximum Gasteiger partial charge on any atom is 0.241 e. The third kappa shape index (κ3) is 6.03. The summed E-state index contributed by atoms with van der Waals surface area (Å²) < 4.78 is 29.4. The quantitative estimate of drug-likeness (QED) is 0.454. The van der Waals surface area contributed by atoms with Crippen molar-refractivity contribution in [1.29, 1.82) is 0 Å². The lowest BCUT2D eigenvalue weighted by Gasteiger charge is -2.20. The van der Waals surface area contributed by atoms with Crippen LogP contribution in [0.3, 0.4) is 0 Å². The first kappa shape index (κ1) is 23.2. The molecule has 0 saturated heterocycles. The molecular weight excluding hydrogens is 476 g/mol. The molecule has 0 radical (unpaired) electrons. The molecule has 3 aromatic carbocycles. The summed E-state index contributed by atoms with van der Waals surface area (Å²) in [4.78, 5) is 13.0. The van der Waals surface area contributed by atoms with E-state index in [1.807, 2.05) is 63.2 Å². The van der Waals surface area contributed by atoms with E-state index in [0.29, 0.717) is 11.3 Å². The van der Waals surface area contributed by atoms with E-state index in [0.717, 1.165) is 21.2 Å². The summed E-state index contributed by atoms with van der Waals surface area (Å²) in [5.41, 5.74) is 4.50. The number of amides is 1. The molecule has 2 N–H and O–H groups in total. The first-order chi connectivity index (χ1) is 14.7. The van der Waals surface area contributed by atoms with Gasteiger partial charge in [-0.25, -0.2) is 13.1 Å². The Hall–Kier alpha value is -2.48. The Kier molecular flexibility index (Phi) is 7.30. The van der Waals surface area contributed by atoms with E-state index < -0.39 is 16.1 Å². The number of anilines is 1. The minimum absolute atomic E-state index is 0.0472. The Morgan fingerprint density at radius 2 is 1.55 bits per heavy atom. The number of rotatable bonds is 7. The predicted octanol–water partition coefficient (Wildman–Crippen LogP) is 5.42. The van der Waals surface area contributed by atoms with E-state index in [-0.39, 0.29) is 17.2 Å². The van der Waals surface area contributed by atoms with Crippen molar-refractivity contribution in [3.05, 3.63) is 93.5 Å². The summed E-state index contributed by atoms with van der Waals surface area (Å²) in [7, 11) is -3.80. The van der Waals surface area contributed by atoms with Crippen LogP contribution in [0.1, 0.15) is 34.7 Å². The molecule has 3 aromatic rings. The first-order valence-corrected chi connectivity index (χ1v) is 12.1. The summed E-state index contributed by atoms with van der Waals surface area (Å²) in [6, 6.07) is 18.8. The number of benzene rings is 3. The lowest BCUT2D eigenvalue weighted by Crippen LogP contribution is -2.31. The Morgan fingerprint density at radius 1 is 0.935 bits per heavy atom. The smallest absolute Gasteiger partial charge is 0.241 e. The maximum atomic E-state index is 13.0. The van der Waals surface area contributed by atoms with Gasteiger partial charge in [0.15, 0.2) is 0 Å². The Bertz CT molecular complexity index is 1180. The third-order valence-corrected chi connectivity index (χ3v) is 7.22. The van der Waals surface area contributed by atoms with E-state index in [1.54, 1.807) is 24.3 Å². The first-order valence-electron chi connectivity index (χ1n) is 9.86. The molecule has 0 saturated carbocycles. The normalized spacial score (nSPS) is 12.4. The topological polar surface area (TPSA) is 75.3 Å². The third-order valence-electron chi connectivity index (χ3n) is 5.08. The molecule has 31 heavy (non-hydrogen) atoms. The maximum absolute atomic E-state index is 13.0. The second-order valence-electron chi connectivity index (χ2n) is 7.57. The van der Waals surface area contributed by atoms with Gasteiger partial charge in [0.1, 0.15) is 0 Å². The molecular formula is C24H25BrN2O3S. The van der Waals surface area contributed by atoms with Gasteiger partial charge in [0.05, 0.1) is 16.6 Å². The largest absolute Gasteiger partial charge is 0.325 e. The summed E-state index contributed by atoms with van der Waals surface area (Å²) in [6.07, 6.45) is -0.0472. The number of aryl methyl sites for hydroxylation is 3. The monoisotopic (exact) mass is 500 g/mol. The Balaban J connectivity index is 1.84. The van der Waals surface area contributed by atoms with Crippen molar-refractivity contribution in [1.82, 2.24) is 4.72 Å². The number of halogens is 1. The van der Waals surface area contributed by atoms with Gasteiger partial charge < -0.3 is 5.32 Å². The number of carbonyl (C=O) groups excluding carboxylic acids is 1. The molecule has 1 amide bonds. The molecule has 5 nitrogen and oxygen atoms in total. The molecule has 0 aliphatic carbocycles. The van der Waals surface area contributed by atoms with Crippen molar-refractivity contribution in [3.8, 4) is 0 Å². The van der Waals surface area contributed by atoms with Crippen LogP contribution in [-0.2, 0) is 14.8 Å². The molecule has 3 rings (SSSR count). The van der Waals surface area contributed by atoms with Crippen LogP contribution in [0, 0.1) is 20.8 Å². The van der Waals surface area contributed by atoms with E-state index in [9.17, 15) is 13.2 Å². The highest BCUT2D eigenvalue weighted by Crippen LogP contribution is 2.27. The van der Waals surface area contributed by atoms with Crippen LogP contribution in [0.4, 0.5) is 5.69 Å². The van der Waals surface area contributed by atoms with Crippen molar-refractivity contribution in [3.63, 3.8) is 0 Å². The van der Waals surface area contributed by atoms with Gasteiger partial charge in [-0.15, -0.1) is 0 Å². The second kappa shape index (κ2) is 9.77. The van der Waals surface area contributed by atoms with Crippen molar-refractivity contribution >= 4 is 37.5 Å². The molecule has 0 aromatic heterocycles.